The number of nitrogen functional groups attached to an aromatic ring is 1. The second kappa shape index (κ2) is 3.55. The number of rotatable bonds is 2. The molecule has 0 saturated carbocycles. The lowest BCUT2D eigenvalue weighted by atomic mass is 10.4. The molecule has 0 aliphatic rings. The number of aromatic nitrogens is 3. The van der Waals surface area contributed by atoms with Gasteiger partial charge in [-0.3, -0.25) is 0 Å². The van der Waals surface area contributed by atoms with Gasteiger partial charge in [-0.1, -0.05) is 0 Å². The molecular formula is C8H10BrN5. The lowest BCUT2D eigenvalue weighted by molar-refractivity contribution is 0.787. The van der Waals surface area contributed by atoms with E-state index in [1.165, 1.54) is 0 Å². The van der Waals surface area contributed by atoms with Crippen LogP contribution in [0.3, 0.4) is 0 Å². The molecule has 2 aromatic rings. The fraction of sp³-hybridized carbons (Fsp3) is 0.250. The van der Waals surface area contributed by atoms with E-state index in [4.69, 9.17) is 11.5 Å². The summed E-state index contributed by atoms with van der Waals surface area (Å²) in [5.74, 6) is 1.15. The van der Waals surface area contributed by atoms with Crippen LogP contribution in [0.1, 0.15) is 5.82 Å². The van der Waals surface area contributed by atoms with Gasteiger partial charge in [0.1, 0.15) is 5.52 Å². The Kier molecular flexibility index (Phi) is 2.39. The minimum atomic E-state index is 0.481. The van der Waals surface area contributed by atoms with Crippen LogP contribution in [0.2, 0.25) is 0 Å². The lowest BCUT2D eigenvalue weighted by Crippen LogP contribution is -2.10. The Labute approximate surface area is 89.2 Å². The first kappa shape index (κ1) is 9.42. The van der Waals surface area contributed by atoms with Crippen molar-refractivity contribution in [1.29, 1.82) is 0 Å². The van der Waals surface area contributed by atoms with E-state index in [1.807, 2.05) is 12.3 Å². The Hall–Kier alpha value is -1.14. The zero-order valence-corrected chi connectivity index (χ0v) is 9.03. The molecule has 0 bridgehead atoms. The molecule has 14 heavy (non-hydrogen) atoms. The summed E-state index contributed by atoms with van der Waals surface area (Å²) in [7, 11) is 0. The zero-order valence-electron chi connectivity index (χ0n) is 7.44. The number of nitrogens with zero attached hydrogens (tertiary/aromatic N) is 3. The second-order valence-corrected chi connectivity index (χ2v) is 3.86. The third-order valence-electron chi connectivity index (χ3n) is 1.87. The van der Waals surface area contributed by atoms with Crippen molar-refractivity contribution in [2.45, 2.75) is 6.42 Å². The first-order chi connectivity index (χ1) is 6.70. The molecular weight excluding hydrogens is 246 g/mol. The molecule has 74 valence electrons. The van der Waals surface area contributed by atoms with Crippen molar-refractivity contribution >= 4 is 27.3 Å². The van der Waals surface area contributed by atoms with E-state index >= 15 is 0 Å². The second-order valence-electron chi connectivity index (χ2n) is 2.94. The highest BCUT2D eigenvalue weighted by molar-refractivity contribution is 9.10. The number of nitrogens with two attached hydrogens (primary N) is 2. The van der Waals surface area contributed by atoms with Crippen LogP contribution in [0.4, 0.5) is 5.82 Å². The average molecular weight is 256 g/mol. The standard InChI is InChI=1S/C8H10BrN5/c9-5-3-6-8(11)12-7(1-2-10)13-14(6)4-5/h3-4H,1-2,10H2,(H2,11,12,13). The smallest absolute Gasteiger partial charge is 0.152 e. The summed E-state index contributed by atoms with van der Waals surface area (Å²) >= 11 is 3.35. The molecule has 2 aromatic heterocycles. The highest BCUT2D eigenvalue weighted by Crippen LogP contribution is 2.18. The van der Waals surface area contributed by atoms with Crippen molar-refractivity contribution in [2.75, 3.05) is 12.3 Å². The summed E-state index contributed by atoms with van der Waals surface area (Å²) in [6, 6.07) is 1.88. The van der Waals surface area contributed by atoms with Gasteiger partial charge in [0, 0.05) is 17.1 Å². The van der Waals surface area contributed by atoms with Crippen LogP contribution in [-0.4, -0.2) is 21.1 Å². The first-order valence-electron chi connectivity index (χ1n) is 4.21. The van der Waals surface area contributed by atoms with Crippen molar-refractivity contribution in [3.05, 3.63) is 22.6 Å². The third kappa shape index (κ3) is 1.58. The van der Waals surface area contributed by atoms with E-state index in [2.05, 4.69) is 26.0 Å². The van der Waals surface area contributed by atoms with Gasteiger partial charge in [0.05, 0.1) is 0 Å². The summed E-state index contributed by atoms with van der Waals surface area (Å²) < 4.78 is 2.64. The Bertz CT molecular complexity index is 464. The summed E-state index contributed by atoms with van der Waals surface area (Å²) in [6.07, 6.45) is 2.48. The zero-order chi connectivity index (χ0) is 10.1. The molecule has 0 aromatic carbocycles. The van der Waals surface area contributed by atoms with Gasteiger partial charge < -0.3 is 11.5 Å². The van der Waals surface area contributed by atoms with E-state index < -0.39 is 0 Å². The van der Waals surface area contributed by atoms with Crippen LogP contribution in [0.5, 0.6) is 0 Å². The monoisotopic (exact) mass is 255 g/mol. The van der Waals surface area contributed by atoms with E-state index in [-0.39, 0.29) is 0 Å². The molecule has 2 rings (SSSR count). The number of anilines is 1. The molecule has 0 saturated heterocycles. The van der Waals surface area contributed by atoms with E-state index in [9.17, 15) is 0 Å². The largest absolute Gasteiger partial charge is 0.382 e. The molecule has 2 heterocycles. The van der Waals surface area contributed by atoms with Crippen LogP contribution in [0.25, 0.3) is 5.52 Å². The van der Waals surface area contributed by atoms with Gasteiger partial charge in [-0.2, -0.15) is 5.10 Å². The molecule has 0 radical (unpaired) electrons. The van der Waals surface area contributed by atoms with Crippen LogP contribution in [0.15, 0.2) is 16.7 Å². The molecule has 6 heteroatoms. The Morgan fingerprint density at radius 1 is 1.50 bits per heavy atom. The minimum Gasteiger partial charge on any atom is -0.382 e. The van der Waals surface area contributed by atoms with Gasteiger partial charge in [0.25, 0.3) is 0 Å². The van der Waals surface area contributed by atoms with Gasteiger partial charge >= 0.3 is 0 Å². The van der Waals surface area contributed by atoms with Crippen molar-refractivity contribution in [1.82, 2.24) is 14.6 Å². The highest BCUT2D eigenvalue weighted by atomic mass is 79.9. The molecule has 4 N–H and O–H groups in total. The van der Waals surface area contributed by atoms with Crippen molar-refractivity contribution in [3.63, 3.8) is 0 Å². The Balaban J connectivity index is 2.59. The Morgan fingerprint density at radius 3 is 3.00 bits per heavy atom. The van der Waals surface area contributed by atoms with Crippen LogP contribution < -0.4 is 11.5 Å². The molecule has 0 atom stereocenters. The molecule has 0 aliphatic carbocycles. The SMILES string of the molecule is NCCc1nc(N)c2cc(Br)cn2n1. The van der Waals surface area contributed by atoms with Gasteiger partial charge in [-0.15, -0.1) is 0 Å². The van der Waals surface area contributed by atoms with Crippen LogP contribution >= 0.6 is 15.9 Å². The van der Waals surface area contributed by atoms with Gasteiger partial charge in [0.2, 0.25) is 0 Å². The number of halogens is 1. The number of fused-ring (bicyclic) bond motifs is 1. The normalized spacial score (nSPS) is 11.0. The average Bonchev–Trinajstić information content (AvgIpc) is 2.47. The van der Waals surface area contributed by atoms with Gasteiger partial charge in [-0.25, -0.2) is 9.50 Å². The number of hydrogen-bond donors (Lipinski definition) is 2. The summed E-state index contributed by atoms with van der Waals surface area (Å²) in [5, 5.41) is 4.26. The maximum atomic E-state index is 5.77. The van der Waals surface area contributed by atoms with Crippen molar-refractivity contribution in [2.24, 2.45) is 5.73 Å². The Morgan fingerprint density at radius 2 is 2.29 bits per heavy atom. The van der Waals surface area contributed by atoms with E-state index in [0.717, 1.165) is 9.99 Å². The fourth-order valence-electron chi connectivity index (χ4n) is 1.27. The van der Waals surface area contributed by atoms with Crippen molar-refractivity contribution < 1.29 is 0 Å². The third-order valence-corrected chi connectivity index (χ3v) is 2.30. The topological polar surface area (TPSA) is 82.2 Å². The van der Waals surface area contributed by atoms with Gasteiger partial charge in [0.15, 0.2) is 11.6 Å². The highest BCUT2D eigenvalue weighted by Gasteiger charge is 2.05. The first-order valence-corrected chi connectivity index (χ1v) is 5.00. The molecule has 0 amide bonds. The summed E-state index contributed by atoms with van der Waals surface area (Å²) in [6.45, 7) is 0.521. The predicted octanol–water partition coefficient (Wildman–Crippen LogP) is 0.575. The van der Waals surface area contributed by atoms with E-state index in [0.29, 0.717) is 24.6 Å². The predicted molar refractivity (Wildman–Crippen MR) is 57.9 cm³/mol. The fourth-order valence-corrected chi connectivity index (χ4v) is 1.68. The van der Waals surface area contributed by atoms with Crippen LogP contribution in [-0.2, 0) is 6.42 Å². The van der Waals surface area contributed by atoms with E-state index in [1.54, 1.807) is 4.52 Å². The molecule has 5 nitrogen and oxygen atoms in total. The van der Waals surface area contributed by atoms with Crippen LogP contribution in [0, 0.1) is 0 Å². The molecule has 0 spiro atoms. The lowest BCUT2D eigenvalue weighted by Gasteiger charge is -2.01. The molecule has 0 aliphatic heterocycles. The maximum Gasteiger partial charge on any atom is 0.152 e. The number of hydrogen-bond acceptors (Lipinski definition) is 4. The molecule has 0 fully saturated rings. The van der Waals surface area contributed by atoms with Gasteiger partial charge in [-0.05, 0) is 28.5 Å². The van der Waals surface area contributed by atoms with Crippen molar-refractivity contribution in [3.8, 4) is 0 Å². The maximum absolute atomic E-state index is 5.77. The summed E-state index contributed by atoms with van der Waals surface area (Å²) in [4.78, 5) is 4.15. The molecule has 0 unspecified atom stereocenters. The quantitative estimate of drug-likeness (QED) is 0.823. The minimum absolute atomic E-state index is 0.481. The summed E-state index contributed by atoms with van der Waals surface area (Å²) in [5.41, 5.74) is 12.0.